The van der Waals surface area contributed by atoms with E-state index in [0.717, 1.165) is 39.9 Å². The van der Waals surface area contributed by atoms with Gasteiger partial charge in [0.2, 0.25) is 0 Å². The number of anilines is 1. The minimum absolute atomic E-state index is 0.136. The quantitative estimate of drug-likeness (QED) is 0.806. The molecule has 2 atom stereocenters. The van der Waals surface area contributed by atoms with Crippen molar-refractivity contribution in [2.24, 2.45) is 0 Å². The highest BCUT2D eigenvalue weighted by Gasteiger charge is 2.31. The van der Waals surface area contributed by atoms with Crippen LogP contribution in [0.25, 0.3) is 11.1 Å². The van der Waals surface area contributed by atoms with Crippen LogP contribution < -0.4 is 4.72 Å². The zero-order chi connectivity index (χ0) is 19.1. The van der Waals surface area contributed by atoms with Crippen molar-refractivity contribution < 1.29 is 9.00 Å². The van der Waals surface area contributed by atoms with Gasteiger partial charge < -0.3 is 9.62 Å². The summed E-state index contributed by atoms with van der Waals surface area (Å²) in [5.74, 6) is 3.78. The molecule has 0 aromatic heterocycles. The number of carbonyl (C=O) groups is 1. The third-order valence-electron chi connectivity index (χ3n) is 4.89. The molecular formula is C21H26N2O2S. The number of fused-ring (bicyclic) bond motifs is 1. The maximum Gasteiger partial charge on any atom is 0.255 e. The zero-order valence-corrected chi connectivity index (χ0v) is 16.7. The first kappa shape index (κ1) is 18.5. The molecular weight excluding hydrogens is 344 g/mol. The summed E-state index contributed by atoms with van der Waals surface area (Å²) in [5, 5.41) is 0. The highest BCUT2D eigenvalue weighted by atomic mass is 32.2. The van der Waals surface area contributed by atoms with Crippen molar-refractivity contribution in [2.45, 2.75) is 39.8 Å². The summed E-state index contributed by atoms with van der Waals surface area (Å²) >= 11 is 0. The van der Waals surface area contributed by atoms with Crippen LogP contribution in [0, 0.1) is 6.92 Å². The molecule has 2 aromatic carbocycles. The van der Waals surface area contributed by atoms with Crippen molar-refractivity contribution in [1.82, 2.24) is 4.90 Å². The average molecular weight is 371 g/mol. The lowest BCUT2D eigenvalue weighted by Crippen LogP contribution is -2.32. The third kappa shape index (κ3) is 3.63. The molecule has 0 radical (unpaired) electrons. The molecule has 0 bridgehead atoms. The van der Waals surface area contributed by atoms with Crippen molar-refractivity contribution in [1.29, 1.82) is 0 Å². The normalized spacial score (nSPS) is 16.9. The van der Waals surface area contributed by atoms with Crippen LogP contribution >= 0.6 is 0 Å². The van der Waals surface area contributed by atoms with Gasteiger partial charge in [0.15, 0.2) is 0 Å². The monoisotopic (exact) mass is 370 g/mol. The van der Waals surface area contributed by atoms with Crippen LogP contribution in [0.15, 0.2) is 36.4 Å². The van der Waals surface area contributed by atoms with Crippen LogP contribution in [0.1, 0.15) is 41.8 Å². The fraction of sp³-hybridized carbons (Fsp3) is 0.333. The minimum atomic E-state index is -2.32. The Kier molecular flexibility index (Phi) is 4.84. The number of carbonyl (C=O) groups excluding carboxylic acids is 1. The molecule has 0 spiro atoms. The van der Waals surface area contributed by atoms with Gasteiger partial charge in [-0.25, -0.2) is 4.21 Å². The van der Waals surface area contributed by atoms with Gasteiger partial charge in [-0.15, -0.1) is 0 Å². The minimum Gasteiger partial charge on any atom is -0.332 e. The van der Waals surface area contributed by atoms with Gasteiger partial charge in [0.25, 0.3) is 5.91 Å². The van der Waals surface area contributed by atoms with Crippen molar-refractivity contribution in [2.75, 3.05) is 11.0 Å². The zero-order valence-electron chi connectivity index (χ0n) is 15.8. The SMILES string of the molecule is C=S(C)(=O)Nc1cccc(-c2cc(C)c3c(c2)CN(C(C)CC)C3=O)c1. The molecule has 26 heavy (non-hydrogen) atoms. The molecule has 0 fully saturated rings. The van der Waals surface area contributed by atoms with E-state index < -0.39 is 9.71 Å². The van der Waals surface area contributed by atoms with E-state index in [1.54, 1.807) is 6.26 Å². The van der Waals surface area contributed by atoms with E-state index in [-0.39, 0.29) is 11.9 Å². The van der Waals surface area contributed by atoms with Gasteiger partial charge in [0, 0.05) is 39.8 Å². The number of rotatable bonds is 5. The van der Waals surface area contributed by atoms with Gasteiger partial charge in [-0.2, -0.15) is 0 Å². The third-order valence-corrected chi connectivity index (χ3v) is 5.55. The van der Waals surface area contributed by atoms with Crippen molar-refractivity contribution in [3.8, 4) is 11.1 Å². The van der Waals surface area contributed by atoms with Crippen LogP contribution in [-0.2, 0) is 16.3 Å². The lowest BCUT2D eigenvalue weighted by molar-refractivity contribution is 0.0713. The van der Waals surface area contributed by atoms with Crippen molar-refractivity contribution in [3.63, 3.8) is 0 Å². The Morgan fingerprint density at radius 3 is 2.65 bits per heavy atom. The number of nitrogens with one attached hydrogen (secondary N) is 1. The first-order valence-electron chi connectivity index (χ1n) is 8.84. The van der Waals surface area contributed by atoms with E-state index in [4.69, 9.17) is 0 Å². The molecule has 1 aliphatic rings. The fourth-order valence-electron chi connectivity index (χ4n) is 3.44. The second-order valence-corrected chi connectivity index (χ2v) is 9.42. The molecule has 1 N–H and O–H groups in total. The van der Waals surface area contributed by atoms with Gasteiger partial charge in [0.05, 0.1) is 0 Å². The maximum atomic E-state index is 12.8. The summed E-state index contributed by atoms with van der Waals surface area (Å²) in [5.41, 5.74) is 5.80. The highest BCUT2D eigenvalue weighted by Crippen LogP contribution is 2.33. The van der Waals surface area contributed by atoms with E-state index in [0.29, 0.717) is 6.54 Å². The second kappa shape index (κ2) is 6.80. The Bertz CT molecular complexity index is 964. The Hall–Kier alpha value is -2.27. The number of hydrogen-bond donors (Lipinski definition) is 1. The summed E-state index contributed by atoms with van der Waals surface area (Å²) in [6.45, 7) is 6.86. The maximum absolute atomic E-state index is 12.8. The molecule has 1 heterocycles. The largest absolute Gasteiger partial charge is 0.332 e. The standard InChI is InChI=1S/C21H26N2O2S/c1-6-15(3)23-13-18-11-17(10-14(2)20(18)21(23)24)16-8-7-9-19(12-16)22-26(4,5)25/h7-12,15H,4,6,13H2,1-3,5H3,(H,22,25). The Morgan fingerprint density at radius 1 is 1.27 bits per heavy atom. The highest BCUT2D eigenvalue weighted by molar-refractivity contribution is 8.00. The van der Waals surface area contributed by atoms with Crippen LogP contribution in [0.5, 0.6) is 0 Å². The molecule has 1 aliphatic heterocycles. The lowest BCUT2D eigenvalue weighted by atomic mass is 9.96. The summed E-state index contributed by atoms with van der Waals surface area (Å²) in [4.78, 5) is 14.7. The molecule has 0 saturated heterocycles. The summed E-state index contributed by atoms with van der Waals surface area (Å²) in [6.07, 6.45) is 2.52. The van der Waals surface area contributed by atoms with Crippen LogP contribution in [0.4, 0.5) is 5.69 Å². The number of nitrogens with zero attached hydrogens (tertiary/aromatic N) is 1. The van der Waals surface area contributed by atoms with Crippen molar-refractivity contribution in [3.05, 3.63) is 53.1 Å². The number of hydrogen-bond acceptors (Lipinski definition) is 2. The van der Waals surface area contributed by atoms with E-state index in [9.17, 15) is 9.00 Å². The first-order valence-corrected chi connectivity index (χ1v) is 11.0. The number of amides is 1. The predicted octanol–water partition coefficient (Wildman–Crippen LogP) is 4.09. The number of benzene rings is 2. The molecule has 4 nitrogen and oxygen atoms in total. The molecule has 138 valence electrons. The number of aryl methyl sites for hydroxylation is 1. The Balaban J connectivity index is 1.99. The second-order valence-electron chi connectivity index (χ2n) is 7.21. The van der Waals surface area contributed by atoms with Gasteiger partial charge >= 0.3 is 0 Å². The van der Waals surface area contributed by atoms with E-state index in [2.05, 4.69) is 36.6 Å². The molecule has 5 heteroatoms. The molecule has 1 amide bonds. The molecule has 2 aromatic rings. The summed E-state index contributed by atoms with van der Waals surface area (Å²) < 4.78 is 14.9. The average Bonchev–Trinajstić information content (AvgIpc) is 2.90. The van der Waals surface area contributed by atoms with Gasteiger partial charge in [0.1, 0.15) is 0 Å². The first-order chi connectivity index (χ1) is 12.2. The molecule has 0 saturated carbocycles. The molecule has 3 rings (SSSR count). The Morgan fingerprint density at radius 2 is 2.00 bits per heavy atom. The van der Waals surface area contributed by atoms with E-state index >= 15 is 0 Å². The summed E-state index contributed by atoms with van der Waals surface area (Å²) in [7, 11) is -2.32. The summed E-state index contributed by atoms with van der Waals surface area (Å²) in [6, 6.07) is 12.2. The van der Waals surface area contributed by atoms with E-state index in [1.807, 2.05) is 36.1 Å². The molecule has 0 aliphatic carbocycles. The smallest absolute Gasteiger partial charge is 0.255 e. The van der Waals surface area contributed by atoms with Crippen LogP contribution in [0.2, 0.25) is 0 Å². The van der Waals surface area contributed by atoms with Gasteiger partial charge in [-0.1, -0.05) is 25.1 Å². The lowest BCUT2D eigenvalue weighted by Gasteiger charge is -2.22. The molecule has 2 unspecified atom stereocenters. The van der Waals surface area contributed by atoms with Crippen LogP contribution in [0.3, 0.4) is 0 Å². The topological polar surface area (TPSA) is 49.4 Å². The van der Waals surface area contributed by atoms with Gasteiger partial charge in [-0.3, -0.25) is 4.79 Å². The Labute approximate surface area is 156 Å². The predicted molar refractivity (Wildman–Crippen MR) is 111 cm³/mol. The van der Waals surface area contributed by atoms with Crippen molar-refractivity contribution >= 4 is 27.2 Å². The van der Waals surface area contributed by atoms with E-state index in [1.165, 1.54) is 0 Å². The van der Waals surface area contributed by atoms with Crippen LogP contribution in [-0.4, -0.2) is 33.2 Å². The van der Waals surface area contributed by atoms with Gasteiger partial charge in [-0.05, 0) is 66.6 Å². The fourth-order valence-corrected chi connectivity index (χ4v) is 4.07.